The number of nitrogens with one attached hydrogen (secondary N) is 1. The standard InChI is InChI=1S/C18H28N2O3/c1-16(2,3)23-15(21)20-14-8-7-12(22-6)11-13(14)17(4,5)18(19)9-10-18/h7-8,11H,9-10,19H2,1-6H3,(H,20,21). The molecule has 128 valence electrons. The zero-order valence-corrected chi connectivity index (χ0v) is 14.9. The van der Waals surface area contributed by atoms with Gasteiger partial charge in [0.1, 0.15) is 11.4 Å². The third-order valence-electron chi connectivity index (χ3n) is 4.57. The third-order valence-corrected chi connectivity index (χ3v) is 4.57. The molecule has 1 fully saturated rings. The number of benzene rings is 1. The topological polar surface area (TPSA) is 73.6 Å². The largest absolute Gasteiger partial charge is 0.497 e. The second-order valence-corrected chi connectivity index (χ2v) is 7.82. The van der Waals surface area contributed by atoms with Gasteiger partial charge in [-0.3, -0.25) is 5.32 Å². The van der Waals surface area contributed by atoms with Gasteiger partial charge in [-0.2, -0.15) is 0 Å². The highest BCUT2D eigenvalue weighted by Gasteiger charge is 2.52. The molecule has 0 atom stereocenters. The first-order valence-corrected chi connectivity index (χ1v) is 7.96. The lowest BCUT2D eigenvalue weighted by Crippen LogP contribution is -2.44. The molecular formula is C18H28N2O3. The zero-order chi connectivity index (χ0) is 17.5. The van der Waals surface area contributed by atoms with E-state index in [2.05, 4.69) is 19.2 Å². The predicted molar refractivity (Wildman–Crippen MR) is 92.0 cm³/mol. The molecule has 2 rings (SSSR count). The van der Waals surface area contributed by atoms with Crippen molar-refractivity contribution < 1.29 is 14.3 Å². The summed E-state index contributed by atoms with van der Waals surface area (Å²) < 4.78 is 10.7. The number of ether oxygens (including phenoxy) is 2. The van der Waals surface area contributed by atoms with Crippen molar-refractivity contribution in [2.75, 3.05) is 12.4 Å². The van der Waals surface area contributed by atoms with Gasteiger partial charge in [0.2, 0.25) is 0 Å². The fourth-order valence-electron chi connectivity index (χ4n) is 2.72. The molecule has 1 saturated carbocycles. The molecule has 5 nitrogen and oxygen atoms in total. The minimum absolute atomic E-state index is 0.246. The van der Waals surface area contributed by atoms with Crippen LogP contribution in [0.5, 0.6) is 5.75 Å². The molecule has 1 aromatic rings. The average molecular weight is 320 g/mol. The Balaban J connectivity index is 2.34. The van der Waals surface area contributed by atoms with Gasteiger partial charge < -0.3 is 15.2 Å². The van der Waals surface area contributed by atoms with E-state index < -0.39 is 11.7 Å². The first kappa shape index (κ1) is 17.6. The molecule has 0 heterocycles. The van der Waals surface area contributed by atoms with Gasteiger partial charge in [-0.15, -0.1) is 0 Å². The molecule has 23 heavy (non-hydrogen) atoms. The van der Waals surface area contributed by atoms with Gasteiger partial charge >= 0.3 is 6.09 Å². The minimum Gasteiger partial charge on any atom is -0.497 e. The Morgan fingerprint density at radius 3 is 2.30 bits per heavy atom. The van der Waals surface area contributed by atoms with Gasteiger partial charge in [0.25, 0.3) is 0 Å². The number of methoxy groups -OCH3 is 1. The highest BCUT2D eigenvalue weighted by Crippen LogP contribution is 2.51. The maximum Gasteiger partial charge on any atom is 0.412 e. The molecular weight excluding hydrogens is 292 g/mol. The summed E-state index contributed by atoms with van der Waals surface area (Å²) in [5.41, 5.74) is 7.06. The van der Waals surface area contributed by atoms with Crippen LogP contribution in [0.4, 0.5) is 10.5 Å². The number of anilines is 1. The Hall–Kier alpha value is -1.75. The quantitative estimate of drug-likeness (QED) is 0.884. The van der Waals surface area contributed by atoms with Crippen molar-refractivity contribution in [1.82, 2.24) is 0 Å². The second-order valence-electron chi connectivity index (χ2n) is 7.82. The Bertz CT molecular complexity index is 599. The molecule has 1 amide bonds. The SMILES string of the molecule is COc1ccc(NC(=O)OC(C)(C)C)c(C(C)(C)C2(N)CC2)c1. The number of carbonyl (C=O) groups is 1. The molecule has 5 heteroatoms. The van der Waals surface area contributed by atoms with Crippen molar-refractivity contribution in [2.24, 2.45) is 5.73 Å². The van der Waals surface area contributed by atoms with Crippen molar-refractivity contribution in [2.45, 2.75) is 64.0 Å². The second kappa shape index (κ2) is 5.71. The van der Waals surface area contributed by atoms with Gasteiger partial charge in [-0.25, -0.2) is 4.79 Å². The summed E-state index contributed by atoms with van der Waals surface area (Å²) in [5.74, 6) is 0.743. The molecule has 0 spiro atoms. The van der Waals surface area contributed by atoms with E-state index in [0.29, 0.717) is 5.69 Å². The lowest BCUT2D eigenvalue weighted by Gasteiger charge is -2.34. The van der Waals surface area contributed by atoms with E-state index in [1.807, 2.05) is 39.0 Å². The van der Waals surface area contributed by atoms with Crippen LogP contribution in [0.15, 0.2) is 18.2 Å². The van der Waals surface area contributed by atoms with Crippen LogP contribution in [0.25, 0.3) is 0 Å². The van der Waals surface area contributed by atoms with Crippen LogP contribution < -0.4 is 15.8 Å². The van der Waals surface area contributed by atoms with Crippen molar-refractivity contribution >= 4 is 11.8 Å². The van der Waals surface area contributed by atoms with Gasteiger partial charge in [0, 0.05) is 16.6 Å². The van der Waals surface area contributed by atoms with Crippen molar-refractivity contribution in [1.29, 1.82) is 0 Å². The summed E-state index contributed by atoms with van der Waals surface area (Å²) in [7, 11) is 1.63. The highest BCUT2D eigenvalue weighted by molar-refractivity contribution is 5.86. The van der Waals surface area contributed by atoms with Gasteiger partial charge in [-0.1, -0.05) is 13.8 Å². The smallest absolute Gasteiger partial charge is 0.412 e. The fourth-order valence-corrected chi connectivity index (χ4v) is 2.72. The number of hydrogen-bond donors (Lipinski definition) is 2. The first-order chi connectivity index (χ1) is 10.5. The zero-order valence-electron chi connectivity index (χ0n) is 14.9. The van der Waals surface area contributed by atoms with Gasteiger partial charge in [-0.05, 0) is 57.4 Å². The van der Waals surface area contributed by atoms with Crippen LogP contribution in [0.1, 0.15) is 53.0 Å². The average Bonchev–Trinajstić information content (AvgIpc) is 3.16. The van der Waals surface area contributed by atoms with E-state index in [9.17, 15) is 4.79 Å². The summed E-state index contributed by atoms with van der Waals surface area (Å²) in [4.78, 5) is 12.1. The maximum atomic E-state index is 12.1. The fraction of sp³-hybridized carbons (Fsp3) is 0.611. The van der Waals surface area contributed by atoms with E-state index in [1.165, 1.54) is 0 Å². The van der Waals surface area contributed by atoms with Crippen LogP contribution in [0.3, 0.4) is 0 Å². The number of carbonyl (C=O) groups excluding carboxylic acids is 1. The predicted octanol–water partition coefficient (Wildman–Crippen LogP) is 3.81. The Morgan fingerprint density at radius 2 is 1.83 bits per heavy atom. The molecule has 0 unspecified atom stereocenters. The van der Waals surface area contributed by atoms with Crippen LogP contribution >= 0.6 is 0 Å². The molecule has 0 aliphatic heterocycles. The lowest BCUT2D eigenvalue weighted by molar-refractivity contribution is 0.0635. The molecule has 1 aromatic carbocycles. The molecule has 0 radical (unpaired) electrons. The summed E-state index contributed by atoms with van der Waals surface area (Å²) in [6, 6.07) is 5.60. The monoisotopic (exact) mass is 320 g/mol. The molecule has 0 saturated heterocycles. The summed E-state index contributed by atoms with van der Waals surface area (Å²) >= 11 is 0. The Labute approximate surface area is 138 Å². The number of hydrogen-bond acceptors (Lipinski definition) is 4. The summed E-state index contributed by atoms with van der Waals surface area (Å²) in [6.45, 7) is 9.73. The van der Waals surface area contributed by atoms with Crippen LogP contribution in [0.2, 0.25) is 0 Å². The number of amides is 1. The Kier molecular flexibility index (Phi) is 4.37. The van der Waals surface area contributed by atoms with E-state index in [0.717, 1.165) is 24.2 Å². The number of rotatable bonds is 4. The van der Waals surface area contributed by atoms with Crippen LogP contribution in [0, 0.1) is 0 Å². The van der Waals surface area contributed by atoms with Crippen molar-refractivity contribution in [3.05, 3.63) is 23.8 Å². The van der Waals surface area contributed by atoms with Gasteiger partial charge in [0.15, 0.2) is 0 Å². The highest BCUT2D eigenvalue weighted by atomic mass is 16.6. The van der Waals surface area contributed by atoms with E-state index in [1.54, 1.807) is 7.11 Å². The maximum absolute atomic E-state index is 12.1. The van der Waals surface area contributed by atoms with Gasteiger partial charge in [0.05, 0.1) is 7.11 Å². The summed E-state index contributed by atoms with van der Waals surface area (Å²) in [6.07, 6.45) is 1.48. The normalized spacial score (nSPS) is 16.7. The minimum atomic E-state index is -0.544. The molecule has 0 bridgehead atoms. The first-order valence-electron chi connectivity index (χ1n) is 7.96. The Morgan fingerprint density at radius 1 is 1.22 bits per heavy atom. The molecule has 0 aromatic heterocycles. The number of nitrogens with two attached hydrogens (primary N) is 1. The molecule has 3 N–H and O–H groups in total. The van der Waals surface area contributed by atoms with Crippen LogP contribution in [-0.2, 0) is 10.2 Å². The van der Waals surface area contributed by atoms with Crippen molar-refractivity contribution in [3.8, 4) is 5.75 Å². The van der Waals surface area contributed by atoms with E-state index >= 15 is 0 Å². The molecule has 1 aliphatic carbocycles. The van der Waals surface area contributed by atoms with Crippen molar-refractivity contribution in [3.63, 3.8) is 0 Å². The van der Waals surface area contributed by atoms with E-state index in [-0.39, 0.29) is 11.0 Å². The van der Waals surface area contributed by atoms with E-state index in [4.69, 9.17) is 15.2 Å². The van der Waals surface area contributed by atoms with Crippen LogP contribution in [-0.4, -0.2) is 24.3 Å². The molecule has 1 aliphatic rings. The third kappa shape index (κ3) is 3.78. The summed E-state index contributed by atoms with van der Waals surface area (Å²) in [5, 5.41) is 2.85. The lowest BCUT2D eigenvalue weighted by atomic mass is 9.75.